The summed E-state index contributed by atoms with van der Waals surface area (Å²) in [4.78, 5) is 13.1. The number of thiophene rings is 1. The van der Waals surface area contributed by atoms with Crippen LogP contribution in [0.25, 0.3) is 10.4 Å². The van der Waals surface area contributed by atoms with Crippen molar-refractivity contribution in [2.24, 2.45) is 0 Å². The Morgan fingerprint density at radius 1 is 1.13 bits per heavy atom. The van der Waals surface area contributed by atoms with Gasteiger partial charge in [-0.3, -0.25) is 0 Å². The molecule has 0 aliphatic heterocycles. The molecule has 0 spiro atoms. The lowest BCUT2D eigenvalue weighted by Gasteiger charge is -1.98. The van der Waals surface area contributed by atoms with E-state index < -0.39 is 5.97 Å². The number of carboxylic acid groups (broad SMARTS) is 1. The molecule has 0 atom stereocenters. The van der Waals surface area contributed by atoms with Crippen LogP contribution < -0.4 is 0 Å². The number of aryl methyl sites for hydroxylation is 1. The maximum Gasteiger partial charge on any atom is 0.335 e. The lowest BCUT2D eigenvalue weighted by atomic mass is 10.1. The van der Waals surface area contributed by atoms with Crippen molar-refractivity contribution in [2.75, 3.05) is 0 Å². The minimum Gasteiger partial charge on any atom is -0.478 e. The van der Waals surface area contributed by atoms with Crippen molar-refractivity contribution in [3.8, 4) is 10.4 Å². The lowest BCUT2D eigenvalue weighted by Crippen LogP contribution is -1.94. The van der Waals surface area contributed by atoms with Gasteiger partial charge in [0.25, 0.3) is 0 Å². The van der Waals surface area contributed by atoms with Gasteiger partial charge in [-0.25, -0.2) is 4.79 Å². The van der Waals surface area contributed by atoms with E-state index in [0.29, 0.717) is 5.56 Å². The minimum atomic E-state index is -0.885. The molecule has 0 bridgehead atoms. The molecule has 0 unspecified atom stereocenters. The van der Waals surface area contributed by atoms with E-state index in [1.54, 1.807) is 23.5 Å². The third-order valence-corrected chi connectivity index (χ3v) is 3.21. The fourth-order valence-corrected chi connectivity index (χ4v) is 2.24. The molecule has 2 nitrogen and oxygen atoms in total. The van der Waals surface area contributed by atoms with Gasteiger partial charge in [0.1, 0.15) is 0 Å². The Hall–Kier alpha value is -1.61. The predicted molar refractivity (Wildman–Crippen MR) is 61.5 cm³/mol. The molecule has 0 radical (unpaired) electrons. The van der Waals surface area contributed by atoms with Gasteiger partial charge in [-0.2, -0.15) is 0 Å². The van der Waals surface area contributed by atoms with E-state index in [0.717, 1.165) is 5.56 Å². The Kier molecular flexibility index (Phi) is 2.56. The summed E-state index contributed by atoms with van der Waals surface area (Å²) in [6, 6.07) is 11.1. The van der Waals surface area contributed by atoms with Gasteiger partial charge in [-0.05, 0) is 36.8 Å². The first-order valence-electron chi connectivity index (χ1n) is 4.57. The van der Waals surface area contributed by atoms with Crippen LogP contribution in [0.1, 0.15) is 15.2 Å². The second-order valence-corrected chi connectivity index (χ2v) is 4.58. The summed E-state index contributed by atoms with van der Waals surface area (Å²) in [5, 5.41) is 8.75. The normalized spacial score (nSPS) is 10.2. The molecule has 0 amide bonds. The summed E-state index contributed by atoms with van der Waals surface area (Å²) in [5.74, 6) is -0.885. The molecule has 1 aromatic carbocycles. The van der Waals surface area contributed by atoms with Crippen molar-refractivity contribution < 1.29 is 9.90 Å². The third-order valence-electron chi connectivity index (χ3n) is 2.16. The van der Waals surface area contributed by atoms with Gasteiger partial charge in [-0.15, -0.1) is 11.3 Å². The van der Waals surface area contributed by atoms with Crippen LogP contribution in [-0.4, -0.2) is 11.1 Å². The average molecular weight is 218 g/mol. The zero-order valence-electron chi connectivity index (χ0n) is 8.23. The molecular formula is C12H10O2S. The highest BCUT2D eigenvalue weighted by Crippen LogP contribution is 2.27. The Labute approximate surface area is 91.8 Å². The average Bonchev–Trinajstić information content (AvgIpc) is 2.65. The number of hydrogen-bond donors (Lipinski definition) is 1. The van der Waals surface area contributed by atoms with E-state index >= 15 is 0 Å². The van der Waals surface area contributed by atoms with E-state index in [1.165, 1.54) is 9.75 Å². The van der Waals surface area contributed by atoms with Crippen molar-refractivity contribution in [2.45, 2.75) is 6.92 Å². The Morgan fingerprint density at radius 3 is 2.27 bits per heavy atom. The predicted octanol–water partition coefficient (Wildman–Crippen LogP) is 3.42. The first-order valence-corrected chi connectivity index (χ1v) is 5.38. The van der Waals surface area contributed by atoms with Crippen LogP contribution in [0.3, 0.4) is 0 Å². The molecule has 0 saturated carbocycles. The molecule has 2 aromatic rings. The van der Waals surface area contributed by atoms with E-state index in [-0.39, 0.29) is 0 Å². The molecule has 1 N–H and O–H groups in total. The van der Waals surface area contributed by atoms with Crippen molar-refractivity contribution in [1.29, 1.82) is 0 Å². The number of benzene rings is 1. The summed E-state index contributed by atoms with van der Waals surface area (Å²) in [6.07, 6.45) is 0. The van der Waals surface area contributed by atoms with Crippen LogP contribution in [-0.2, 0) is 0 Å². The minimum absolute atomic E-state index is 0.326. The van der Waals surface area contributed by atoms with E-state index in [1.807, 2.05) is 12.1 Å². The van der Waals surface area contributed by atoms with Gasteiger partial charge in [-0.1, -0.05) is 12.1 Å². The quantitative estimate of drug-likeness (QED) is 0.838. The lowest BCUT2D eigenvalue weighted by molar-refractivity contribution is 0.0697. The maximum absolute atomic E-state index is 10.7. The first kappa shape index (κ1) is 9.93. The van der Waals surface area contributed by atoms with Crippen molar-refractivity contribution >= 4 is 17.3 Å². The van der Waals surface area contributed by atoms with Gasteiger partial charge < -0.3 is 5.11 Å². The van der Waals surface area contributed by atoms with Crippen molar-refractivity contribution in [3.05, 3.63) is 46.8 Å². The van der Waals surface area contributed by atoms with Crippen LogP contribution in [0.2, 0.25) is 0 Å². The fourth-order valence-electron chi connectivity index (χ4n) is 1.37. The zero-order valence-corrected chi connectivity index (χ0v) is 9.04. The molecule has 0 aliphatic rings. The molecule has 0 saturated heterocycles. The van der Waals surface area contributed by atoms with Gasteiger partial charge in [0, 0.05) is 9.75 Å². The van der Waals surface area contributed by atoms with E-state index in [9.17, 15) is 4.79 Å². The van der Waals surface area contributed by atoms with Gasteiger partial charge >= 0.3 is 5.97 Å². The summed E-state index contributed by atoms with van der Waals surface area (Å²) in [6.45, 7) is 2.06. The molecule has 1 aromatic heterocycles. The highest BCUT2D eigenvalue weighted by Gasteiger charge is 2.04. The monoisotopic (exact) mass is 218 g/mol. The molecule has 2 rings (SSSR count). The van der Waals surface area contributed by atoms with Crippen LogP contribution in [0.5, 0.6) is 0 Å². The molecule has 1 heterocycles. The SMILES string of the molecule is Cc1ccc(-c2ccc(C(=O)O)cc2)s1. The number of carboxylic acids is 1. The number of rotatable bonds is 2. The van der Waals surface area contributed by atoms with Gasteiger partial charge in [0.05, 0.1) is 5.56 Å². The Bertz CT molecular complexity index is 483. The van der Waals surface area contributed by atoms with Crippen LogP contribution in [0, 0.1) is 6.92 Å². The second-order valence-electron chi connectivity index (χ2n) is 3.29. The highest BCUT2D eigenvalue weighted by atomic mass is 32.1. The Morgan fingerprint density at radius 2 is 1.80 bits per heavy atom. The van der Waals surface area contributed by atoms with Crippen molar-refractivity contribution in [1.82, 2.24) is 0 Å². The molecule has 3 heteroatoms. The maximum atomic E-state index is 10.7. The largest absolute Gasteiger partial charge is 0.478 e. The van der Waals surface area contributed by atoms with E-state index in [4.69, 9.17) is 5.11 Å². The molecule has 76 valence electrons. The van der Waals surface area contributed by atoms with Gasteiger partial charge in [0.2, 0.25) is 0 Å². The third kappa shape index (κ3) is 2.07. The smallest absolute Gasteiger partial charge is 0.335 e. The van der Waals surface area contributed by atoms with Crippen LogP contribution >= 0.6 is 11.3 Å². The zero-order chi connectivity index (χ0) is 10.8. The van der Waals surface area contributed by atoms with Crippen LogP contribution in [0.4, 0.5) is 0 Å². The molecular weight excluding hydrogens is 208 g/mol. The van der Waals surface area contributed by atoms with Gasteiger partial charge in [0.15, 0.2) is 0 Å². The standard InChI is InChI=1S/C12H10O2S/c1-8-2-7-11(15-8)9-3-5-10(6-4-9)12(13)14/h2-7H,1H3,(H,13,14). The first-order chi connectivity index (χ1) is 7.16. The molecule has 0 fully saturated rings. The molecule has 15 heavy (non-hydrogen) atoms. The van der Waals surface area contributed by atoms with Crippen LogP contribution in [0.15, 0.2) is 36.4 Å². The highest BCUT2D eigenvalue weighted by molar-refractivity contribution is 7.15. The number of hydrogen-bond acceptors (Lipinski definition) is 2. The van der Waals surface area contributed by atoms with Crippen molar-refractivity contribution in [3.63, 3.8) is 0 Å². The fraction of sp³-hybridized carbons (Fsp3) is 0.0833. The summed E-state index contributed by atoms with van der Waals surface area (Å²) in [5.41, 5.74) is 1.39. The van der Waals surface area contributed by atoms with E-state index in [2.05, 4.69) is 19.1 Å². The summed E-state index contributed by atoms with van der Waals surface area (Å²) in [7, 11) is 0. The number of aromatic carboxylic acids is 1. The topological polar surface area (TPSA) is 37.3 Å². The summed E-state index contributed by atoms with van der Waals surface area (Å²) < 4.78 is 0. The number of carbonyl (C=O) groups is 1. The second kappa shape index (κ2) is 3.87. The summed E-state index contributed by atoms with van der Waals surface area (Å²) >= 11 is 1.71. The molecule has 0 aliphatic carbocycles. The Balaban J connectivity index is 2.35.